The van der Waals surface area contributed by atoms with Gasteiger partial charge in [-0.1, -0.05) is 30.3 Å². The maximum atomic E-state index is 11.8. The van der Waals surface area contributed by atoms with Crippen LogP contribution in [0, 0.1) is 0 Å². The monoisotopic (exact) mass is 222 g/mol. The van der Waals surface area contributed by atoms with Gasteiger partial charge in [0.1, 0.15) is 11.7 Å². The highest BCUT2D eigenvalue weighted by molar-refractivity contribution is 6.35. The summed E-state index contributed by atoms with van der Waals surface area (Å²) >= 11 is 5.88. The number of benzene rings is 1. The van der Waals surface area contributed by atoms with E-state index in [2.05, 4.69) is 0 Å². The van der Waals surface area contributed by atoms with E-state index in [0.717, 1.165) is 5.56 Å². The molecule has 1 fully saturated rings. The van der Waals surface area contributed by atoms with E-state index < -0.39 is 11.3 Å². The van der Waals surface area contributed by atoms with Gasteiger partial charge in [0.25, 0.3) is 0 Å². The molecule has 1 aliphatic carbocycles. The molecular weight excluding hydrogens is 212 g/mol. The van der Waals surface area contributed by atoms with E-state index in [1.807, 2.05) is 18.2 Å². The predicted molar refractivity (Wildman–Crippen MR) is 58.1 cm³/mol. The maximum absolute atomic E-state index is 11.8. The van der Waals surface area contributed by atoms with Crippen LogP contribution in [-0.4, -0.2) is 16.9 Å². The molecule has 0 radical (unpaired) electrons. The fraction of sp³-hybridized carbons (Fsp3) is 0.333. The molecule has 3 heteroatoms. The van der Waals surface area contributed by atoms with Gasteiger partial charge in [-0.15, -0.1) is 11.6 Å². The summed E-state index contributed by atoms with van der Waals surface area (Å²) in [7, 11) is 0. The van der Waals surface area contributed by atoms with Crippen LogP contribution in [0.5, 0.6) is 0 Å². The lowest BCUT2D eigenvalue weighted by Gasteiger charge is -2.23. The van der Waals surface area contributed by atoms with Gasteiger partial charge >= 0.3 is 0 Å². The van der Waals surface area contributed by atoms with Gasteiger partial charge in [-0.3, -0.25) is 9.59 Å². The first-order chi connectivity index (χ1) is 7.20. The van der Waals surface area contributed by atoms with E-state index in [4.69, 9.17) is 11.6 Å². The Morgan fingerprint density at radius 1 is 1.13 bits per heavy atom. The third-order valence-corrected chi connectivity index (χ3v) is 3.13. The first kappa shape index (κ1) is 10.4. The molecule has 1 saturated carbocycles. The summed E-state index contributed by atoms with van der Waals surface area (Å²) in [5.41, 5.74) is 0.762. The predicted octanol–water partition coefficient (Wildman–Crippen LogP) is 2.31. The van der Waals surface area contributed by atoms with Crippen LogP contribution in [0.3, 0.4) is 0 Å². The van der Waals surface area contributed by atoms with Crippen molar-refractivity contribution in [3.63, 3.8) is 0 Å². The Morgan fingerprint density at radius 3 is 2.47 bits per heavy atom. The summed E-state index contributed by atoms with van der Waals surface area (Å²) in [6.45, 7) is 0. The number of hydrogen-bond acceptors (Lipinski definition) is 2. The lowest BCUT2D eigenvalue weighted by Crippen LogP contribution is -2.34. The average molecular weight is 223 g/mol. The number of rotatable bonds is 1. The Kier molecular flexibility index (Phi) is 2.87. The zero-order valence-corrected chi connectivity index (χ0v) is 8.91. The molecule has 0 bridgehead atoms. The summed E-state index contributed by atoms with van der Waals surface area (Å²) in [5.74, 6) is -0.801. The third kappa shape index (κ3) is 1.95. The highest BCUT2D eigenvalue weighted by Gasteiger charge is 2.36. The van der Waals surface area contributed by atoms with Crippen LogP contribution in [0.4, 0.5) is 0 Å². The molecule has 2 nitrogen and oxygen atoms in total. The number of carbonyl (C=O) groups is 2. The molecule has 0 saturated heterocycles. The number of carbonyl (C=O) groups excluding carboxylic acids is 2. The molecule has 1 aliphatic rings. The largest absolute Gasteiger partial charge is 0.299 e. The van der Waals surface area contributed by atoms with E-state index in [1.165, 1.54) is 0 Å². The minimum Gasteiger partial charge on any atom is -0.299 e. The number of ketones is 2. The van der Waals surface area contributed by atoms with Gasteiger partial charge in [0.15, 0.2) is 5.78 Å². The standard InChI is InChI=1S/C12H11ClO2/c13-9-6-7-10(14)11(12(9)15)8-4-2-1-3-5-8/h1-5,9,11H,6-7H2. The highest BCUT2D eigenvalue weighted by Crippen LogP contribution is 2.29. The topological polar surface area (TPSA) is 34.1 Å². The Labute approximate surface area is 93.2 Å². The van der Waals surface area contributed by atoms with Crippen molar-refractivity contribution < 1.29 is 9.59 Å². The van der Waals surface area contributed by atoms with Crippen LogP contribution in [0.15, 0.2) is 30.3 Å². The number of halogens is 1. The van der Waals surface area contributed by atoms with Crippen molar-refractivity contribution in [2.75, 3.05) is 0 Å². The van der Waals surface area contributed by atoms with Crippen molar-refractivity contribution in [1.29, 1.82) is 0 Å². The molecule has 2 unspecified atom stereocenters. The lowest BCUT2D eigenvalue weighted by atomic mass is 9.81. The summed E-state index contributed by atoms with van der Waals surface area (Å²) in [6, 6.07) is 9.12. The van der Waals surface area contributed by atoms with E-state index in [1.54, 1.807) is 12.1 Å². The van der Waals surface area contributed by atoms with Crippen molar-refractivity contribution in [1.82, 2.24) is 0 Å². The maximum Gasteiger partial charge on any atom is 0.165 e. The van der Waals surface area contributed by atoms with Crippen molar-refractivity contribution in [3.05, 3.63) is 35.9 Å². The Bertz CT molecular complexity index is 386. The van der Waals surface area contributed by atoms with Gasteiger partial charge < -0.3 is 0 Å². The van der Waals surface area contributed by atoms with Crippen molar-refractivity contribution in [3.8, 4) is 0 Å². The minimum atomic E-state index is -0.637. The van der Waals surface area contributed by atoms with Crippen molar-refractivity contribution in [2.45, 2.75) is 24.1 Å². The Balaban J connectivity index is 2.34. The second-order valence-corrected chi connectivity index (χ2v) is 4.25. The number of hydrogen-bond donors (Lipinski definition) is 0. The molecule has 78 valence electrons. The van der Waals surface area contributed by atoms with Crippen LogP contribution >= 0.6 is 11.6 Å². The Morgan fingerprint density at radius 2 is 1.80 bits per heavy atom. The molecule has 1 aromatic rings. The summed E-state index contributed by atoms with van der Waals surface area (Å²) in [6.07, 6.45) is 0.877. The second kappa shape index (κ2) is 4.15. The summed E-state index contributed by atoms with van der Waals surface area (Å²) in [5, 5.41) is -0.507. The first-order valence-corrected chi connectivity index (χ1v) is 5.39. The fourth-order valence-corrected chi connectivity index (χ4v) is 2.13. The second-order valence-electron chi connectivity index (χ2n) is 3.72. The summed E-state index contributed by atoms with van der Waals surface area (Å²) in [4.78, 5) is 23.5. The quantitative estimate of drug-likeness (QED) is 0.540. The van der Waals surface area contributed by atoms with Crippen LogP contribution in [0.2, 0.25) is 0 Å². The number of alkyl halides is 1. The van der Waals surface area contributed by atoms with Gasteiger partial charge in [-0.05, 0) is 12.0 Å². The first-order valence-electron chi connectivity index (χ1n) is 4.95. The fourth-order valence-electron chi connectivity index (χ4n) is 1.89. The van der Waals surface area contributed by atoms with Crippen LogP contribution in [-0.2, 0) is 9.59 Å². The normalized spacial score (nSPS) is 26.7. The van der Waals surface area contributed by atoms with Crippen molar-refractivity contribution >= 4 is 23.2 Å². The molecule has 0 amide bonds. The molecule has 0 heterocycles. The van der Waals surface area contributed by atoms with Crippen LogP contribution in [0.25, 0.3) is 0 Å². The molecule has 0 aliphatic heterocycles. The van der Waals surface area contributed by atoms with Gasteiger partial charge in [-0.25, -0.2) is 0 Å². The molecule has 2 rings (SSSR count). The smallest absolute Gasteiger partial charge is 0.165 e. The molecule has 15 heavy (non-hydrogen) atoms. The van der Waals surface area contributed by atoms with E-state index in [-0.39, 0.29) is 11.6 Å². The molecule has 0 aromatic heterocycles. The molecular formula is C12H11ClO2. The SMILES string of the molecule is O=C1CCC(Cl)C(=O)C1c1ccccc1. The zero-order chi connectivity index (χ0) is 10.8. The van der Waals surface area contributed by atoms with Crippen molar-refractivity contribution in [2.24, 2.45) is 0 Å². The lowest BCUT2D eigenvalue weighted by molar-refractivity contribution is -0.131. The van der Waals surface area contributed by atoms with E-state index in [9.17, 15) is 9.59 Å². The summed E-state index contributed by atoms with van der Waals surface area (Å²) < 4.78 is 0. The van der Waals surface area contributed by atoms with Crippen LogP contribution in [0.1, 0.15) is 24.3 Å². The van der Waals surface area contributed by atoms with Crippen LogP contribution < -0.4 is 0 Å². The zero-order valence-electron chi connectivity index (χ0n) is 8.15. The third-order valence-electron chi connectivity index (χ3n) is 2.69. The van der Waals surface area contributed by atoms with Gasteiger partial charge in [0.2, 0.25) is 0 Å². The molecule has 1 aromatic carbocycles. The molecule has 2 atom stereocenters. The molecule has 0 spiro atoms. The number of Topliss-reactive ketones (excluding diaryl/α,β-unsaturated/α-hetero) is 2. The average Bonchev–Trinajstić information content (AvgIpc) is 2.26. The van der Waals surface area contributed by atoms with Gasteiger partial charge in [0.05, 0.1) is 5.38 Å². The van der Waals surface area contributed by atoms with Gasteiger partial charge in [-0.2, -0.15) is 0 Å². The minimum absolute atomic E-state index is 0.0110. The van der Waals surface area contributed by atoms with E-state index >= 15 is 0 Å². The Hall–Kier alpha value is -1.15. The molecule has 0 N–H and O–H groups in total. The van der Waals surface area contributed by atoms with Gasteiger partial charge in [0, 0.05) is 6.42 Å². The van der Waals surface area contributed by atoms with E-state index in [0.29, 0.717) is 12.8 Å². The highest BCUT2D eigenvalue weighted by atomic mass is 35.5.